The Labute approximate surface area is 134 Å². The van der Waals surface area contributed by atoms with E-state index in [0.717, 1.165) is 19.3 Å². The lowest BCUT2D eigenvalue weighted by atomic mass is 10.1. The molecule has 0 bridgehead atoms. The van der Waals surface area contributed by atoms with Crippen LogP contribution in [0.5, 0.6) is 0 Å². The van der Waals surface area contributed by atoms with Crippen LogP contribution in [-0.2, 0) is 6.42 Å². The number of halogens is 2. The fourth-order valence-electron chi connectivity index (χ4n) is 2.08. The monoisotopic (exact) mass is 320 g/mol. The lowest BCUT2D eigenvalue weighted by Crippen LogP contribution is -2.30. The Balaban J connectivity index is 1.68. The summed E-state index contributed by atoms with van der Waals surface area (Å²) in [4.78, 5) is 11.7. The SMILES string of the molecule is O=C(NCCCCc1ccccc1)Nc1c(F)cccc1Cl. The van der Waals surface area contributed by atoms with Gasteiger partial charge in [0.1, 0.15) is 5.82 Å². The molecule has 5 heteroatoms. The summed E-state index contributed by atoms with van der Waals surface area (Å²) in [5.74, 6) is -0.549. The number of amides is 2. The van der Waals surface area contributed by atoms with E-state index in [1.165, 1.54) is 23.8 Å². The second-order valence-corrected chi connectivity index (χ2v) is 5.33. The van der Waals surface area contributed by atoms with Gasteiger partial charge in [0.05, 0.1) is 10.7 Å². The van der Waals surface area contributed by atoms with Crippen LogP contribution in [0.25, 0.3) is 0 Å². The third-order valence-electron chi connectivity index (χ3n) is 3.22. The van der Waals surface area contributed by atoms with E-state index in [1.807, 2.05) is 18.2 Å². The summed E-state index contributed by atoms with van der Waals surface area (Å²) in [6.45, 7) is 0.532. The number of para-hydroxylation sites is 1. The molecular formula is C17H18ClFN2O. The number of hydrogen-bond acceptors (Lipinski definition) is 1. The maximum Gasteiger partial charge on any atom is 0.319 e. The molecule has 2 rings (SSSR count). The summed E-state index contributed by atoms with van der Waals surface area (Å²) in [7, 11) is 0. The zero-order valence-corrected chi connectivity index (χ0v) is 12.9. The number of carbonyl (C=O) groups excluding carboxylic acids is 1. The van der Waals surface area contributed by atoms with Gasteiger partial charge in [0, 0.05) is 6.54 Å². The van der Waals surface area contributed by atoms with E-state index in [-0.39, 0.29) is 10.7 Å². The molecule has 0 unspecified atom stereocenters. The Morgan fingerprint density at radius 1 is 1.05 bits per heavy atom. The van der Waals surface area contributed by atoms with Gasteiger partial charge in [-0.3, -0.25) is 0 Å². The number of anilines is 1. The fraction of sp³-hybridized carbons (Fsp3) is 0.235. The van der Waals surface area contributed by atoms with Gasteiger partial charge in [0.15, 0.2) is 0 Å². The molecule has 0 heterocycles. The first kappa shape index (κ1) is 16.3. The first-order chi connectivity index (χ1) is 10.7. The zero-order chi connectivity index (χ0) is 15.8. The summed E-state index contributed by atoms with van der Waals surface area (Å²) in [6, 6.07) is 14.0. The number of unbranched alkanes of at least 4 members (excludes halogenated alkanes) is 1. The average Bonchev–Trinajstić information content (AvgIpc) is 2.52. The summed E-state index contributed by atoms with van der Waals surface area (Å²) < 4.78 is 13.5. The third-order valence-corrected chi connectivity index (χ3v) is 3.54. The van der Waals surface area contributed by atoms with Crippen molar-refractivity contribution in [1.29, 1.82) is 0 Å². The van der Waals surface area contributed by atoms with Crippen LogP contribution in [0.15, 0.2) is 48.5 Å². The molecule has 3 nitrogen and oxygen atoms in total. The first-order valence-electron chi connectivity index (χ1n) is 7.19. The zero-order valence-electron chi connectivity index (χ0n) is 12.1. The molecule has 0 aliphatic heterocycles. The van der Waals surface area contributed by atoms with Crippen LogP contribution >= 0.6 is 11.6 Å². The number of aryl methyl sites for hydroxylation is 1. The van der Waals surface area contributed by atoms with Crippen LogP contribution < -0.4 is 10.6 Å². The number of carbonyl (C=O) groups is 1. The predicted molar refractivity (Wildman–Crippen MR) is 87.8 cm³/mol. The van der Waals surface area contributed by atoms with E-state index < -0.39 is 11.8 Å². The highest BCUT2D eigenvalue weighted by Crippen LogP contribution is 2.24. The molecule has 116 valence electrons. The predicted octanol–water partition coefficient (Wildman–Crippen LogP) is 4.62. The molecule has 0 aromatic heterocycles. The van der Waals surface area contributed by atoms with Crippen molar-refractivity contribution in [1.82, 2.24) is 5.32 Å². The maximum atomic E-state index is 13.5. The van der Waals surface area contributed by atoms with Crippen molar-refractivity contribution in [3.8, 4) is 0 Å². The van der Waals surface area contributed by atoms with Crippen LogP contribution in [0.1, 0.15) is 18.4 Å². The van der Waals surface area contributed by atoms with Crippen LogP contribution in [0.3, 0.4) is 0 Å². The van der Waals surface area contributed by atoms with E-state index in [2.05, 4.69) is 22.8 Å². The molecule has 2 aromatic carbocycles. The topological polar surface area (TPSA) is 41.1 Å². The van der Waals surface area contributed by atoms with E-state index in [4.69, 9.17) is 11.6 Å². The molecule has 0 radical (unpaired) electrons. The molecule has 2 aromatic rings. The number of nitrogens with one attached hydrogen (secondary N) is 2. The first-order valence-corrected chi connectivity index (χ1v) is 7.57. The largest absolute Gasteiger partial charge is 0.338 e. The lowest BCUT2D eigenvalue weighted by Gasteiger charge is -2.09. The number of rotatable bonds is 6. The van der Waals surface area contributed by atoms with Gasteiger partial charge in [-0.1, -0.05) is 48.0 Å². The second kappa shape index (κ2) is 8.39. The molecular weight excluding hydrogens is 303 g/mol. The van der Waals surface area contributed by atoms with Crippen molar-refractivity contribution in [2.75, 3.05) is 11.9 Å². The highest BCUT2D eigenvalue weighted by molar-refractivity contribution is 6.33. The summed E-state index contributed by atoms with van der Waals surface area (Å²) in [5, 5.41) is 5.31. The molecule has 0 saturated heterocycles. The van der Waals surface area contributed by atoms with Gasteiger partial charge in [-0.05, 0) is 37.0 Å². The Morgan fingerprint density at radius 3 is 2.55 bits per heavy atom. The lowest BCUT2D eigenvalue weighted by molar-refractivity contribution is 0.252. The molecule has 0 aliphatic carbocycles. The molecule has 0 aliphatic rings. The summed E-state index contributed by atoms with van der Waals surface area (Å²) >= 11 is 5.84. The van der Waals surface area contributed by atoms with Gasteiger partial charge in [-0.25, -0.2) is 9.18 Å². The third kappa shape index (κ3) is 5.04. The maximum absolute atomic E-state index is 13.5. The Bertz CT molecular complexity index is 599. The Kier molecular flexibility index (Phi) is 6.22. The van der Waals surface area contributed by atoms with Crippen molar-refractivity contribution >= 4 is 23.3 Å². The van der Waals surface area contributed by atoms with Crippen molar-refractivity contribution in [3.05, 3.63) is 64.9 Å². The second-order valence-electron chi connectivity index (χ2n) is 4.92. The molecule has 2 N–H and O–H groups in total. The van der Waals surface area contributed by atoms with Crippen LogP contribution in [0, 0.1) is 5.82 Å². The minimum Gasteiger partial charge on any atom is -0.338 e. The van der Waals surface area contributed by atoms with Crippen LogP contribution in [0.4, 0.5) is 14.9 Å². The van der Waals surface area contributed by atoms with Crippen molar-refractivity contribution < 1.29 is 9.18 Å². The van der Waals surface area contributed by atoms with Crippen LogP contribution in [-0.4, -0.2) is 12.6 Å². The minimum atomic E-state index is -0.549. The van der Waals surface area contributed by atoms with Gasteiger partial charge in [-0.2, -0.15) is 0 Å². The quantitative estimate of drug-likeness (QED) is 0.749. The smallest absolute Gasteiger partial charge is 0.319 e. The molecule has 0 fully saturated rings. The number of hydrogen-bond donors (Lipinski definition) is 2. The minimum absolute atomic E-state index is 0.00551. The summed E-state index contributed by atoms with van der Waals surface area (Å²) in [6.07, 6.45) is 2.81. The molecule has 0 saturated carbocycles. The highest BCUT2D eigenvalue weighted by Gasteiger charge is 2.09. The van der Waals surface area contributed by atoms with E-state index in [9.17, 15) is 9.18 Å². The van der Waals surface area contributed by atoms with Gasteiger partial charge in [-0.15, -0.1) is 0 Å². The molecule has 0 atom stereocenters. The molecule has 2 amide bonds. The number of benzene rings is 2. The normalized spacial score (nSPS) is 10.3. The van der Waals surface area contributed by atoms with Crippen molar-refractivity contribution in [3.63, 3.8) is 0 Å². The van der Waals surface area contributed by atoms with E-state index >= 15 is 0 Å². The van der Waals surface area contributed by atoms with E-state index in [1.54, 1.807) is 0 Å². The fourth-order valence-corrected chi connectivity index (χ4v) is 2.29. The van der Waals surface area contributed by atoms with Crippen LogP contribution in [0.2, 0.25) is 5.02 Å². The van der Waals surface area contributed by atoms with Crippen molar-refractivity contribution in [2.45, 2.75) is 19.3 Å². The Morgan fingerprint density at radius 2 is 1.82 bits per heavy atom. The van der Waals surface area contributed by atoms with Gasteiger partial charge in [0.2, 0.25) is 0 Å². The van der Waals surface area contributed by atoms with Gasteiger partial charge >= 0.3 is 6.03 Å². The van der Waals surface area contributed by atoms with Gasteiger partial charge in [0.25, 0.3) is 0 Å². The van der Waals surface area contributed by atoms with Gasteiger partial charge < -0.3 is 10.6 Å². The highest BCUT2D eigenvalue weighted by atomic mass is 35.5. The Hall–Kier alpha value is -2.07. The number of urea groups is 1. The summed E-state index contributed by atoms with van der Waals surface area (Å²) in [5.41, 5.74) is 1.29. The molecule has 22 heavy (non-hydrogen) atoms. The van der Waals surface area contributed by atoms with E-state index in [0.29, 0.717) is 6.54 Å². The average molecular weight is 321 g/mol. The van der Waals surface area contributed by atoms with Crippen molar-refractivity contribution in [2.24, 2.45) is 0 Å². The standard InChI is InChI=1S/C17H18ClFN2O/c18-14-10-6-11-15(19)16(14)21-17(22)20-12-5-4-9-13-7-2-1-3-8-13/h1-3,6-8,10-11H,4-5,9,12H2,(H2,20,21,22). The molecule has 0 spiro atoms.